The Morgan fingerprint density at radius 3 is 2.69 bits per heavy atom. The number of nitrogens with one attached hydrogen (secondary N) is 1. The van der Waals surface area contributed by atoms with E-state index in [0.717, 1.165) is 12.2 Å². The molecule has 0 radical (unpaired) electrons. The molecule has 2 rings (SSSR count). The maximum atomic E-state index is 4.39. The molecule has 1 heterocycles. The molecular weight excluding hydrogens is 198 g/mol. The van der Waals surface area contributed by atoms with Crippen molar-refractivity contribution in [3.63, 3.8) is 0 Å². The van der Waals surface area contributed by atoms with E-state index in [1.54, 1.807) is 0 Å². The Labute approximate surface area is 98.2 Å². The largest absolute Gasteiger partial charge is 0.310 e. The Balaban J connectivity index is 1.93. The molecule has 1 fully saturated rings. The van der Waals surface area contributed by atoms with Crippen LogP contribution in [0.2, 0.25) is 0 Å². The quantitative estimate of drug-likeness (QED) is 0.828. The van der Waals surface area contributed by atoms with Crippen LogP contribution in [0, 0.1) is 12.3 Å². The molecule has 1 aliphatic rings. The van der Waals surface area contributed by atoms with E-state index in [1.807, 2.05) is 11.7 Å². The number of aryl methyl sites for hydroxylation is 2. The molecular formula is C13H23N3. The first-order chi connectivity index (χ1) is 7.56. The molecule has 3 heteroatoms. The lowest BCUT2D eigenvalue weighted by Crippen LogP contribution is -2.26. The van der Waals surface area contributed by atoms with Crippen LogP contribution in [0.5, 0.6) is 0 Å². The Morgan fingerprint density at radius 2 is 2.25 bits per heavy atom. The molecule has 1 saturated carbocycles. The van der Waals surface area contributed by atoms with Gasteiger partial charge in [-0.2, -0.15) is 5.10 Å². The number of nitrogens with zero attached hydrogens (tertiary/aromatic N) is 2. The molecule has 1 atom stereocenters. The van der Waals surface area contributed by atoms with Gasteiger partial charge in [0, 0.05) is 31.4 Å². The minimum Gasteiger partial charge on any atom is -0.310 e. The minimum absolute atomic E-state index is 0.415. The summed E-state index contributed by atoms with van der Waals surface area (Å²) in [7, 11) is 1.98. The summed E-state index contributed by atoms with van der Waals surface area (Å²) >= 11 is 0. The van der Waals surface area contributed by atoms with Crippen molar-refractivity contribution < 1.29 is 0 Å². The minimum atomic E-state index is 0.415. The second kappa shape index (κ2) is 4.21. The van der Waals surface area contributed by atoms with Crippen molar-refractivity contribution in [3.05, 3.63) is 17.5 Å². The maximum absolute atomic E-state index is 4.39. The van der Waals surface area contributed by atoms with Gasteiger partial charge in [0.25, 0.3) is 0 Å². The highest BCUT2D eigenvalue weighted by molar-refractivity contribution is 5.19. The number of rotatable bonds is 5. The molecule has 0 aromatic carbocycles. The van der Waals surface area contributed by atoms with E-state index in [1.165, 1.54) is 24.8 Å². The Hall–Kier alpha value is -0.830. The first-order valence-electron chi connectivity index (χ1n) is 6.30. The number of hydrogen-bond acceptors (Lipinski definition) is 2. The fraction of sp³-hybridized carbons (Fsp3) is 0.769. The van der Waals surface area contributed by atoms with Crippen molar-refractivity contribution in [2.45, 2.75) is 46.1 Å². The Kier molecular flexibility index (Phi) is 3.06. The zero-order chi connectivity index (χ0) is 11.8. The number of aromatic nitrogens is 2. The van der Waals surface area contributed by atoms with Crippen molar-refractivity contribution >= 4 is 0 Å². The molecule has 16 heavy (non-hydrogen) atoms. The summed E-state index contributed by atoms with van der Waals surface area (Å²) in [6.45, 7) is 7.77. The molecule has 0 amide bonds. The summed E-state index contributed by atoms with van der Waals surface area (Å²) in [5.41, 5.74) is 3.09. The van der Waals surface area contributed by atoms with Crippen molar-refractivity contribution in [1.29, 1.82) is 0 Å². The van der Waals surface area contributed by atoms with Gasteiger partial charge in [0.05, 0.1) is 5.69 Å². The molecule has 1 aromatic rings. The molecule has 0 aliphatic heterocycles. The van der Waals surface area contributed by atoms with Crippen LogP contribution >= 0.6 is 0 Å². The second-order valence-electron chi connectivity index (χ2n) is 5.30. The molecule has 3 nitrogen and oxygen atoms in total. The highest BCUT2D eigenvalue weighted by Gasteiger charge is 2.40. The fourth-order valence-electron chi connectivity index (χ4n) is 2.35. The van der Waals surface area contributed by atoms with Gasteiger partial charge in [0.15, 0.2) is 0 Å². The lowest BCUT2D eigenvalue weighted by atomic mass is 10.0. The molecule has 90 valence electrons. The molecule has 1 aromatic heterocycles. The van der Waals surface area contributed by atoms with E-state index in [-0.39, 0.29) is 0 Å². The Morgan fingerprint density at radius 1 is 1.56 bits per heavy atom. The van der Waals surface area contributed by atoms with Gasteiger partial charge in [-0.25, -0.2) is 0 Å². The first-order valence-corrected chi connectivity index (χ1v) is 6.30. The van der Waals surface area contributed by atoms with Gasteiger partial charge in [0.1, 0.15) is 0 Å². The van der Waals surface area contributed by atoms with Crippen LogP contribution in [0.15, 0.2) is 6.20 Å². The second-order valence-corrected chi connectivity index (χ2v) is 5.30. The monoisotopic (exact) mass is 221 g/mol. The van der Waals surface area contributed by atoms with Crippen LogP contribution in [-0.2, 0) is 7.05 Å². The van der Waals surface area contributed by atoms with Crippen molar-refractivity contribution in [2.24, 2.45) is 12.5 Å². The highest BCUT2D eigenvalue weighted by Crippen LogP contribution is 2.48. The van der Waals surface area contributed by atoms with E-state index in [2.05, 4.69) is 37.4 Å². The van der Waals surface area contributed by atoms with Gasteiger partial charge in [0.2, 0.25) is 0 Å². The molecule has 1 N–H and O–H groups in total. The third kappa shape index (κ3) is 2.29. The van der Waals surface area contributed by atoms with E-state index >= 15 is 0 Å². The van der Waals surface area contributed by atoms with Crippen LogP contribution in [0.4, 0.5) is 0 Å². The molecule has 0 spiro atoms. The highest BCUT2D eigenvalue weighted by atomic mass is 15.3. The van der Waals surface area contributed by atoms with Crippen LogP contribution in [0.3, 0.4) is 0 Å². The summed E-state index contributed by atoms with van der Waals surface area (Å²) in [5, 5.41) is 8.04. The average molecular weight is 221 g/mol. The zero-order valence-electron chi connectivity index (χ0n) is 10.9. The van der Waals surface area contributed by atoms with Crippen LogP contribution < -0.4 is 5.32 Å². The van der Waals surface area contributed by atoms with Gasteiger partial charge in [-0.05, 0) is 38.5 Å². The van der Waals surface area contributed by atoms with Gasteiger partial charge in [-0.1, -0.05) is 6.92 Å². The normalized spacial score (nSPS) is 19.8. The summed E-state index contributed by atoms with van der Waals surface area (Å²) in [5.74, 6) is 0. The van der Waals surface area contributed by atoms with Crippen LogP contribution in [-0.4, -0.2) is 16.3 Å². The zero-order valence-corrected chi connectivity index (χ0v) is 10.9. The fourth-order valence-corrected chi connectivity index (χ4v) is 2.35. The van der Waals surface area contributed by atoms with Gasteiger partial charge in [-0.15, -0.1) is 0 Å². The van der Waals surface area contributed by atoms with Crippen LogP contribution in [0.1, 0.15) is 50.4 Å². The average Bonchev–Trinajstić information content (AvgIpc) is 2.96. The maximum Gasteiger partial charge on any atom is 0.0641 e. The van der Waals surface area contributed by atoms with Gasteiger partial charge in [-0.3, -0.25) is 4.68 Å². The predicted octanol–water partition coefficient (Wildman–Crippen LogP) is 2.57. The summed E-state index contributed by atoms with van der Waals surface area (Å²) in [6.07, 6.45) is 6.22. The third-order valence-corrected chi connectivity index (χ3v) is 4.01. The van der Waals surface area contributed by atoms with E-state index in [9.17, 15) is 0 Å². The Bertz CT molecular complexity index is 363. The smallest absolute Gasteiger partial charge is 0.0641 e. The molecule has 0 bridgehead atoms. The predicted molar refractivity (Wildman–Crippen MR) is 66.3 cm³/mol. The summed E-state index contributed by atoms with van der Waals surface area (Å²) in [4.78, 5) is 0. The van der Waals surface area contributed by atoms with Crippen molar-refractivity contribution in [3.8, 4) is 0 Å². The van der Waals surface area contributed by atoms with Crippen LogP contribution in [0.25, 0.3) is 0 Å². The first kappa shape index (κ1) is 11.6. The third-order valence-electron chi connectivity index (χ3n) is 4.01. The summed E-state index contributed by atoms with van der Waals surface area (Å²) < 4.78 is 1.90. The van der Waals surface area contributed by atoms with E-state index in [4.69, 9.17) is 0 Å². The summed E-state index contributed by atoms with van der Waals surface area (Å²) in [6, 6.07) is 0.415. The SMILES string of the molecule is CCC1(CNC(C)c2cn(C)nc2C)CC1. The van der Waals surface area contributed by atoms with Gasteiger partial charge >= 0.3 is 0 Å². The van der Waals surface area contributed by atoms with Gasteiger partial charge < -0.3 is 5.32 Å². The van der Waals surface area contributed by atoms with Crippen molar-refractivity contribution in [1.82, 2.24) is 15.1 Å². The molecule has 0 saturated heterocycles. The van der Waals surface area contributed by atoms with Crippen molar-refractivity contribution in [2.75, 3.05) is 6.54 Å². The molecule has 1 unspecified atom stereocenters. The topological polar surface area (TPSA) is 29.9 Å². The number of hydrogen-bond donors (Lipinski definition) is 1. The standard InChI is InChI=1S/C13H23N3/c1-5-13(6-7-13)9-14-10(2)12-8-16(4)15-11(12)3/h8,10,14H,5-7,9H2,1-4H3. The lowest BCUT2D eigenvalue weighted by molar-refractivity contribution is 0.414. The molecule has 1 aliphatic carbocycles. The van der Waals surface area contributed by atoms with E-state index in [0.29, 0.717) is 11.5 Å². The lowest BCUT2D eigenvalue weighted by Gasteiger charge is -2.18. The van der Waals surface area contributed by atoms with E-state index < -0.39 is 0 Å².